The highest BCUT2D eigenvalue weighted by atomic mass is 35.5. The van der Waals surface area contributed by atoms with Crippen molar-refractivity contribution in [3.63, 3.8) is 0 Å². The van der Waals surface area contributed by atoms with E-state index in [0.717, 1.165) is 11.1 Å². The molecule has 2 nitrogen and oxygen atoms in total. The number of aliphatic hydroxyl groups is 1. The predicted octanol–water partition coefficient (Wildman–Crippen LogP) is 4.50. The van der Waals surface area contributed by atoms with Gasteiger partial charge in [0.2, 0.25) is 0 Å². The van der Waals surface area contributed by atoms with Crippen LogP contribution in [0.5, 0.6) is 0 Å². The summed E-state index contributed by atoms with van der Waals surface area (Å²) in [5, 5.41) is 10.9. The van der Waals surface area contributed by atoms with Crippen molar-refractivity contribution < 1.29 is 5.11 Å². The Bertz CT molecular complexity index is 614. The molecular weight excluding hydrogens is 282 g/mol. The average molecular weight is 304 g/mol. The number of rotatable bonds is 3. The van der Waals surface area contributed by atoms with Crippen molar-refractivity contribution in [3.8, 4) is 0 Å². The lowest BCUT2D eigenvalue weighted by atomic mass is 9.86. The fourth-order valence-electron chi connectivity index (χ4n) is 2.32. The van der Waals surface area contributed by atoms with E-state index in [-0.39, 0.29) is 5.41 Å². The topological polar surface area (TPSA) is 46.2 Å². The second kappa shape index (κ2) is 6.08. The lowest BCUT2D eigenvalue weighted by molar-refractivity contribution is 0.179. The summed E-state index contributed by atoms with van der Waals surface area (Å²) in [5.74, 6) is 0. The monoisotopic (exact) mass is 303 g/mol. The maximum absolute atomic E-state index is 10.4. The number of nitrogen functional groups attached to an aromatic ring is 1. The molecule has 112 valence electrons. The number of aliphatic hydroxyl groups excluding tert-OH is 1. The normalized spacial score (nSPS) is 13.2. The van der Waals surface area contributed by atoms with E-state index in [0.29, 0.717) is 17.1 Å². The minimum atomic E-state index is -0.622. The van der Waals surface area contributed by atoms with Gasteiger partial charge in [0.15, 0.2) is 0 Å². The van der Waals surface area contributed by atoms with Crippen LogP contribution >= 0.6 is 11.6 Å². The smallest absolute Gasteiger partial charge is 0.0850 e. The second-order valence-electron chi connectivity index (χ2n) is 6.44. The van der Waals surface area contributed by atoms with Gasteiger partial charge in [-0.2, -0.15) is 0 Å². The first kappa shape index (κ1) is 15.9. The molecule has 21 heavy (non-hydrogen) atoms. The predicted molar refractivity (Wildman–Crippen MR) is 89.7 cm³/mol. The lowest BCUT2D eigenvalue weighted by Gasteiger charge is -2.20. The quantitative estimate of drug-likeness (QED) is 0.820. The van der Waals surface area contributed by atoms with Gasteiger partial charge in [-0.15, -0.1) is 0 Å². The third-order valence-electron chi connectivity index (χ3n) is 3.66. The summed E-state index contributed by atoms with van der Waals surface area (Å²) in [6.07, 6.45) is -0.0845. The number of hydrogen-bond donors (Lipinski definition) is 2. The van der Waals surface area contributed by atoms with Crippen LogP contribution in [-0.2, 0) is 11.8 Å². The third-order valence-corrected chi connectivity index (χ3v) is 3.89. The van der Waals surface area contributed by atoms with Crippen LogP contribution in [0.2, 0.25) is 5.02 Å². The number of anilines is 1. The zero-order chi connectivity index (χ0) is 15.6. The Hall–Kier alpha value is -1.51. The summed E-state index contributed by atoms with van der Waals surface area (Å²) < 4.78 is 0. The molecule has 0 bridgehead atoms. The van der Waals surface area contributed by atoms with Crippen LogP contribution in [0, 0.1) is 0 Å². The summed E-state index contributed by atoms with van der Waals surface area (Å²) in [6, 6.07) is 13.6. The molecule has 3 heteroatoms. The molecule has 0 saturated heterocycles. The highest BCUT2D eigenvalue weighted by Crippen LogP contribution is 2.27. The third kappa shape index (κ3) is 3.99. The molecule has 0 radical (unpaired) electrons. The van der Waals surface area contributed by atoms with E-state index in [1.165, 1.54) is 5.56 Å². The molecular formula is C18H22ClNO. The van der Waals surface area contributed by atoms with Gasteiger partial charge in [-0.05, 0) is 28.7 Å². The van der Waals surface area contributed by atoms with Gasteiger partial charge in [-0.25, -0.2) is 0 Å². The Balaban J connectivity index is 2.14. The number of hydrogen-bond acceptors (Lipinski definition) is 2. The van der Waals surface area contributed by atoms with Crippen LogP contribution in [-0.4, -0.2) is 5.11 Å². The summed E-state index contributed by atoms with van der Waals surface area (Å²) >= 11 is 5.88. The molecule has 2 rings (SSSR count). The van der Waals surface area contributed by atoms with Crippen LogP contribution < -0.4 is 5.73 Å². The van der Waals surface area contributed by atoms with Gasteiger partial charge < -0.3 is 10.8 Å². The van der Waals surface area contributed by atoms with E-state index >= 15 is 0 Å². The number of benzene rings is 2. The standard InChI is InChI=1S/C18H22ClNO/c1-18(2,3)13-6-4-12(5-7-13)10-17(21)15-9-8-14(19)11-16(15)20/h4-9,11,17,21H,10,20H2,1-3H3. The van der Waals surface area contributed by atoms with Gasteiger partial charge in [0.1, 0.15) is 0 Å². The zero-order valence-electron chi connectivity index (χ0n) is 12.7. The van der Waals surface area contributed by atoms with E-state index in [2.05, 4.69) is 45.0 Å². The van der Waals surface area contributed by atoms with Crippen molar-refractivity contribution in [1.82, 2.24) is 0 Å². The van der Waals surface area contributed by atoms with Crippen LogP contribution in [0.15, 0.2) is 42.5 Å². The summed E-state index contributed by atoms with van der Waals surface area (Å²) in [6.45, 7) is 6.56. The molecule has 1 unspecified atom stereocenters. The lowest BCUT2D eigenvalue weighted by Crippen LogP contribution is -2.11. The molecule has 0 heterocycles. The summed E-state index contributed by atoms with van der Waals surface area (Å²) in [4.78, 5) is 0. The van der Waals surface area contributed by atoms with Crippen molar-refractivity contribution >= 4 is 17.3 Å². The van der Waals surface area contributed by atoms with Crippen molar-refractivity contribution in [1.29, 1.82) is 0 Å². The average Bonchev–Trinajstić information content (AvgIpc) is 2.38. The van der Waals surface area contributed by atoms with E-state index in [1.54, 1.807) is 18.2 Å². The fraction of sp³-hybridized carbons (Fsp3) is 0.333. The molecule has 2 aromatic carbocycles. The molecule has 3 N–H and O–H groups in total. The van der Waals surface area contributed by atoms with Crippen molar-refractivity contribution in [2.45, 2.75) is 38.7 Å². The Morgan fingerprint density at radius 3 is 2.24 bits per heavy atom. The van der Waals surface area contributed by atoms with E-state index in [1.807, 2.05) is 0 Å². The molecule has 0 aliphatic rings. The van der Waals surface area contributed by atoms with Gasteiger partial charge in [0.05, 0.1) is 6.10 Å². The Morgan fingerprint density at radius 2 is 1.71 bits per heavy atom. The molecule has 0 saturated carbocycles. The Labute approximate surface area is 131 Å². The maximum atomic E-state index is 10.4. The van der Waals surface area contributed by atoms with Gasteiger partial charge >= 0.3 is 0 Å². The minimum Gasteiger partial charge on any atom is -0.398 e. The summed E-state index contributed by atoms with van der Waals surface area (Å²) in [7, 11) is 0. The van der Waals surface area contributed by atoms with Crippen molar-refractivity contribution in [2.24, 2.45) is 0 Å². The number of halogens is 1. The molecule has 1 atom stereocenters. The van der Waals surface area contributed by atoms with Crippen molar-refractivity contribution in [2.75, 3.05) is 5.73 Å². The van der Waals surface area contributed by atoms with Gasteiger partial charge in [0, 0.05) is 22.7 Å². The first-order chi connectivity index (χ1) is 9.77. The fourth-order valence-corrected chi connectivity index (χ4v) is 2.50. The van der Waals surface area contributed by atoms with E-state index < -0.39 is 6.10 Å². The molecule has 2 aromatic rings. The number of nitrogens with two attached hydrogens (primary N) is 1. The van der Waals surface area contributed by atoms with E-state index in [4.69, 9.17) is 17.3 Å². The molecule has 0 fully saturated rings. The van der Waals surface area contributed by atoms with Crippen LogP contribution in [0.1, 0.15) is 43.6 Å². The molecule has 0 aliphatic heterocycles. The first-order valence-corrected chi connectivity index (χ1v) is 7.47. The second-order valence-corrected chi connectivity index (χ2v) is 6.88. The molecule has 0 aliphatic carbocycles. The van der Waals surface area contributed by atoms with Crippen LogP contribution in [0.3, 0.4) is 0 Å². The molecule has 0 spiro atoms. The highest BCUT2D eigenvalue weighted by molar-refractivity contribution is 6.30. The SMILES string of the molecule is CC(C)(C)c1ccc(CC(O)c2ccc(Cl)cc2N)cc1. The maximum Gasteiger partial charge on any atom is 0.0850 e. The first-order valence-electron chi connectivity index (χ1n) is 7.10. The largest absolute Gasteiger partial charge is 0.398 e. The van der Waals surface area contributed by atoms with Crippen LogP contribution in [0.25, 0.3) is 0 Å². The molecule has 0 amide bonds. The minimum absolute atomic E-state index is 0.137. The summed E-state index contributed by atoms with van der Waals surface area (Å²) in [5.41, 5.74) is 9.67. The van der Waals surface area contributed by atoms with Gasteiger partial charge in [0.25, 0.3) is 0 Å². The Morgan fingerprint density at radius 1 is 1.10 bits per heavy atom. The van der Waals surface area contributed by atoms with Crippen molar-refractivity contribution in [3.05, 3.63) is 64.2 Å². The van der Waals surface area contributed by atoms with Crippen LogP contribution in [0.4, 0.5) is 5.69 Å². The highest BCUT2D eigenvalue weighted by Gasteiger charge is 2.15. The van der Waals surface area contributed by atoms with E-state index in [9.17, 15) is 5.11 Å². The van der Waals surface area contributed by atoms with Gasteiger partial charge in [-0.1, -0.05) is 62.7 Å². The Kier molecular flexibility index (Phi) is 4.60. The zero-order valence-corrected chi connectivity index (χ0v) is 13.5. The molecule has 0 aromatic heterocycles. The van der Waals surface area contributed by atoms with Gasteiger partial charge in [-0.3, -0.25) is 0 Å².